The van der Waals surface area contributed by atoms with E-state index >= 15 is 0 Å². The fourth-order valence-corrected chi connectivity index (χ4v) is 1.43. The third kappa shape index (κ3) is 3.21. The van der Waals surface area contributed by atoms with Crippen LogP contribution in [0.25, 0.3) is 0 Å². The number of rotatable bonds is 4. The zero-order chi connectivity index (χ0) is 11.3. The molecule has 4 nitrogen and oxygen atoms in total. The van der Waals surface area contributed by atoms with Gasteiger partial charge in [0.2, 0.25) is 0 Å². The Kier molecular flexibility index (Phi) is 4.58. The molecular formula is C10H12BrNO3. The lowest BCUT2D eigenvalue weighted by Gasteiger charge is -2.07. The number of ether oxygens (including phenoxy) is 2. The summed E-state index contributed by atoms with van der Waals surface area (Å²) >= 11 is 3.26. The van der Waals surface area contributed by atoms with Crippen LogP contribution in [0.15, 0.2) is 22.7 Å². The maximum atomic E-state index is 11.5. The van der Waals surface area contributed by atoms with Crippen molar-refractivity contribution in [3.05, 3.63) is 28.2 Å². The lowest BCUT2D eigenvalue weighted by Crippen LogP contribution is -2.14. The molecular weight excluding hydrogens is 262 g/mol. The molecule has 0 heterocycles. The monoisotopic (exact) mass is 273 g/mol. The summed E-state index contributed by atoms with van der Waals surface area (Å²) in [5.74, 6) is 0.198. The molecule has 0 aliphatic heterocycles. The van der Waals surface area contributed by atoms with Gasteiger partial charge in [-0.2, -0.15) is 0 Å². The molecule has 1 aromatic carbocycles. The van der Waals surface area contributed by atoms with Gasteiger partial charge in [-0.3, -0.25) is 0 Å². The van der Waals surface area contributed by atoms with Crippen molar-refractivity contribution in [2.24, 2.45) is 5.73 Å². The van der Waals surface area contributed by atoms with Crippen molar-refractivity contribution in [1.29, 1.82) is 0 Å². The number of carbonyl (C=O) groups excluding carboxylic acids is 1. The zero-order valence-corrected chi connectivity index (χ0v) is 9.91. The number of nitrogens with two attached hydrogens (primary N) is 1. The van der Waals surface area contributed by atoms with Crippen molar-refractivity contribution >= 4 is 21.9 Å². The van der Waals surface area contributed by atoms with Gasteiger partial charge in [0.05, 0.1) is 12.7 Å². The van der Waals surface area contributed by atoms with Gasteiger partial charge >= 0.3 is 5.97 Å². The molecule has 0 unspecified atom stereocenters. The number of hydrogen-bond donors (Lipinski definition) is 1. The normalized spacial score (nSPS) is 9.80. The quantitative estimate of drug-likeness (QED) is 0.847. The number of halogens is 1. The molecule has 0 saturated heterocycles. The second-order valence-corrected chi connectivity index (χ2v) is 3.62. The van der Waals surface area contributed by atoms with Crippen molar-refractivity contribution in [2.75, 3.05) is 20.3 Å². The van der Waals surface area contributed by atoms with Gasteiger partial charge in [0.15, 0.2) is 0 Å². The summed E-state index contributed by atoms with van der Waals surface area (Å²) in [7, 11) is 1.54. The van der Waals surface area contributed by atoms with E-state index in [4.69, 9.17) is 15.2 Å². The third-order valence-corrected chi connectivity index (χ3v) is 2.44. The standard InChI is InChI=1S/C10H12BrNO3/c1-14-7-2-3-9(11)8(6-7)10(13)15-5-4-12/h2-3,6H,4-5,12H2,1H3. The Balaban J connectivity index is 2.86. The molecule has 15 heavy (non-hydrogen) atoms. The Morgan fingerprint density at radius 1 is 1.53 bits per heavy atom. The fraction of sp³-hybridized carbons (Fsp3) is 0.300. The van der Waals surface area contributed by atoms with E-state index < -0.39 is 5.97 Å². The Morgan fingerprint density at radius 3 is 2.87 bits per heavy atom. The van der Waals surface area contributed by atoms with Crippen LogP contribution in [0.2, 0.25) is 0 Å². The molecule has 0 amide bonds. The zero-order valence-electron chi connectivity index (χ0n) is 8.33. The minimum Gasteiger partial charge on any atom is -0.497 e. The lowest BCUT2D eigenvalue weighted by molar-refractivity contribution is 0.0515. The smallest absolute Gasteiger partial charge is 0.339 e. The van der Waals surface area contributed by atoms with Crippen LogP contribution in [0.3, 0.4) is 0 Å². The second kappa shape index (κ2) is 5.72. The van der Waals surface area contributed by atoms with Gasteiger partial charge in [0.1, 0.15) is 12.4 Å². The summed E-state index contributed by atoms with van der Waals surface area (Å²) in [6.45, 7) is 0.524. The van der Waals surface area contributed by atoms with E-state index in [-0.39, 0.29) is 6.61 Å². The molecule has 0 saturated carbocycles. The number of methoxy groups -OCH3 is 1. The molecule has 1 rings (SSSR count). The first-order valence-corrected chi connectivity index (χ1v) is 5.19. The topological polar surface area (TPSA) is 61.5 Å². The number of carbonyl (C=O) groups is 1. The van der Waals surface area contributed by atoms with Crippen molar-refractivity contribution in [2.45, 2.75) is 0 Å². The van der Waals surface area contributed by atoms with Gasteiger partial charge in [-0.25, -0.2) is 4.79 Å². The highest BCUT2D eigenvalue weighted by atomic mass is 79.9. The molecule has 0 aliphatic carbocycles. The average Bonchev–Trinajstić information content (AvgIpc) is 2.26. The highest BCUT2D eigenvalue weighted by Crippen LogP contribution is 2.23. The van der Waals surface area contributed by atoms with E-state index in [1.165, 1.54) is 7.11 Å². The van der Waals surface area contributed by atoms with E-state index in [0.29, 0.717) is 22.3 Å². The van der Waals surface area contributed by atoms with Crippen LogP contribution in [0.4, 0.5) is 0 Å². The molecule has 0 radical (unpaired) electrons. The molecule has 0 fully saturated rings. The average molecular weight is 274 g/mol. The predicted octanol–water partition coefficient (Wildman–Crippen LogP) is 1.57. The van der Waals surface area contributed by atoms with Crippen molar-refractivity contribution < 1.29 is 14.3 Å². The van der Waals surface area contributed by atoms with Crippen molar-refractivity contribution in [3.63, 3.8) is 0 Å². The van der Waals surface area contributed by atoms with Crippen LogP contribution in [0, 0.1) is 0 Å². The Morgan fingerprint density at radius 2 is 2.27 bits per heavy atom. The number of hydrogen-bond acceptors (Lipinski definition) is 4. The second-order valence-electron chi connectivity index (χ2n) is 2.77. The molecule has 0 aromatic heterocycles. The first kappa shape index (κ1) is 12.0. The lowest BCUT2D eigenvalue weighted by atomic mass is 10.2. The molecule has 0 aliphatic rings. The summed E-state index contributed by atoms with van der Waals surface area (Å²) in [4.78, 5) is 11.5. The van der Waals surface area contributed by atoms with Crippen molar-refractivity contribution in [3.8, 4) is 5.75 Å². The summed E-state index contributed by atoms with van der Waals surface area (Å²) in [5.41, 5.74) is 5.67. The molecule has 1 aromatic rings. The van der Waals surface area contributed by atoms with Crippen LogP contribution in [-0.4, -0.2) is 26.2 Å². The van der Waals surface area contributed by atoms with E-state index in [2.05, 4.69) is 15.9 Å². The number of esters is 1. The van der Waals surface area contributed by atoms with E-state index in [1.807, 2.05) is 0 Å². The number of benzene rings is 1. The molecule has 5 heteroatoms. The van der Waals surface area contributed by atoms with Crippen LogP contribution in [0.1, 0.15) is 10.4 Å². The predicted molar refractivity (Wildman–Crippen MR) is 60.0 cm³/mol. The van der Waals surface area contributed by atoms with Gasteiger partial charge in [-0.05, 0) is 34.1 Å². The fourth-order valence-electron chi connectivity index (χ4n) is 1.02. The van der Waals surface area contributed by atoms with Gasteiger partial charge in [-0.15, -0.1) is 0 Å². The molecule has 2 N–H and O–H groups in total. The summed E-state index contributed by atoms with van der Waals surface area (Å²) < 4.78 is 10.6. The van der Waals surface area contributed by atoms with Crippen molar-refractivity contribution in [1.82, 2.24) is 0 Å². The first-order chi connectivity index (χ1) is 7.19. The summed E-state index contributed by atoms with van der Waals surface area (Å²) in [5, 5.41) is 0. The molecule has 0 spiro atoms. The summed E-state index contributed by atoms with van der Waals surface area (Å²) in [6.07, 6.45) is 0. The first-order valence-electron chi connectivity index (χ1n) is 4.39. The van der Waals surface area contributed by atoms with Gasteiger partial charge in [-0.1, -0.05) is 0 Å². The SMILES string of the molecule is COc1ccc(Br)c(C(=O)OCCN)c1. The summed E-state index contributed by atoms with van der Waals surface area (Å²) in [6, 6.07) is 5.10. The highest BCUT2D eigenvalue weighted by Gasteiger charge is 2.12. The molecule has 0 bridgehead atoms. The van der Waals surface area contributed by atoms with Crippen LogP contribution in [0.5, 0.6) is 5.75 Å². The maximum Gasteiger partial charge on any atom is 0.339 e. The Hall–Kier alpha value is -1.07. The molecule has 0 atom stereocenters. The van der Waals surface area contributed by atoms with Gasteiger partial charge < -0.3 is 15.2 Å². The third-order valence-electron chi connectivity index (χ3n) is 1.74. The van der Waals surface area contributed by atoms with E-state index in [1.54, 1.807) is 18.2 Å². The maximum absolute atomic E-state index is 11.5. The van der Waals surface area contributed by atoms with Gasteiger partial charge in [0, 0.05) is 11.0 Å². The Labute approximate surface area is 96.5 Å². The van der Waals surface area contributed by atoms with Crippen LogP contribution in [-0.2, 0) is 4.74 Å². The van der Waals surface area contributed by atoms with Crippen LogP contribution < -0.4 is 10.5 Å². The Bertz CT molecular complexity index is 355. The van der Waals surface area contributed by atoms with E-state index in [9.17, 15) is 4.79 Å². The minimum absolute atomic E-state index is 0.211. The van der Waals surface area contributed by atoms with Gasteiger partial charge in [0.25, 0.3) is 0 Å². The highest BCUT2D eigenvalue weighted by molar-refractivity contribution is 9.10. The van der Waals surface area contributed by atoms with E-state index in [0.717, 1.165) is 0 Å². The molecule has 82 valence electrons. The largest absolute Gasteiger partial charge is 0.497 e. The van der Waals surface area contributed by atoms with Crippen LogP contribution >= 0.6 is 15.9 Å². The minimum atomic E-state index is -0.411.